The second-order valence-corrected chi connectivity index (χ2v) is 5.44. The van der Waals surface area contributed by atoms with Gasteiger partial charge in [0.2, 0.25) is 0 Å². The number of hydrogen-bond donors (Lipinski definition) is 2. The first-order valence-corrected chi connectivity index (χ1v) is 6.80. The molecule has 1 amide bonds. The van der Waals surface area contributed by atoms with E-state index < -0.39 is 0 Å². The van der Waals surface area contributed by atoms with Crippen molar-refractivity contribution in [2.24, 2.45) is 0 Å². The van der Waals surface area contributed by atoms with E-state index in [1.165, 1.54) is 0 Å². The molecule has 0 radical (unpaired) electrons. The maximum atomic E-state index is 12.0. The van der Waals surface area contributed by atoms with Crippen LogP contribution < -0.4 is 11.1 Å². The molecule has 98 valence electrons. The molecule has 5 heteroatoms. The highest BCUT2D eigenvalue weighted by Gasteiger charge is 2.07. The van der Waals surface area contributed by atoms with Crippen molar-refractivity contribution in [3.05, 3.63) is 63.1 Å². The average Bonchev–Trinajstić information content (AvgIpc) is 2.35. The van der Waals surface area contributed by atoms with E-state index in [2.05, 4.69) is 21.2 Å². The van der Waals surface area contributed by atoms with Crippen molar-refractivity contribution in [2.75, 3.05) is 5.73 Å². The van der Waals surface area contributed by atoms with E-state index in [-0.39, 0.29) is 5.91 Å². The van der Waals surface area contributed by atoms with E-state index in [4.69, 9.17) is 17.3 Å². The van der Waals surface area contributed by atoms with Crippen LogP contribution in [0.3, 0.4) is 0 Å². The summed E-state index contributed by atoms with van der Waals surface area (Å²) in [6.07, 6.45) is 0. The summed E-state index contributed by atoms with van der Waals surface area (Å²) in [7, 11) is 0. The lowest BCUT2D eigenvalue weighted by Gasteiger charge is -2.07. The Morgan fingerprint density at radius 1 is 1.26 bits per heavy atom. The zero-order chi connectivity index (χ0) is 13.8. The van der Waals surface area contributed by atoms with Gasteiger partial charge in [-0.05, 0) is 35.9 Å². The first-order chi connectivity index (χ1) is 9.04. The van der Waals surface area contributed by atoms with Gasteiger partial charge in [0.05, 0.1) is 0 Å². The molecule has 2 aromatic carbocycles. The van der Waals surface area contributed by atoms with Crippen molar-refractivity contribution in [1.29, 1.82) is 0 Å². The van der Waals surface area contributed by atoms with Gasteiger partial charge < -0.3 is 11.1 Å². The summed E-state index contributed by atoms with van der Waals surface area (Å²) in [6.45, 7) is 0.422. The highest BCUT2D eigenvalue weighted by Crippen LogP contribution is 2.17. The Morgan fingerprint density at radius 2 is 2.05 bits per heavy atom. The molecule has 0 aromatic heterocycles. The van der Waals surface area contributed by atoms with Crippen molar-refractivity contribution in [2.45, 2.75) is 6.54 Å². The second-order valence-electron chi connectivity index (χ2n) is 4.09. The van der Waals surface area contributed by atoms with Gasteiger partial charge in [-0.3, -0.25) is 4.79 Å². The van der Waals surface area contributed by atoms with Gasteiger partial charge >= 0.3 is 0 Å². The zero-order valence-electron chi connectivity index (χ0n) is 9.99. The highest BCUT2D eigenvalue weighted by molar-refractivity contribution is 9.10. The van der Waals surface area contributed by atoms with Crippen LogP contribution in [0.15, 0.2) is 46.9 Å². The number of nitrogens with two attached hydrogens (primary N) is 1. The van der Waals surface area contributed by atoms with E-state index in [9.17, 15) is 4.79 Å². The third-order valence-electron chi connectivity index (χ3n) is 2.52. The number of carbonyl (C=O) groups excluding carboxylic acids is 1. The number of nitrogens with one attached hydrogen (secondary N) is 1. The first-order valence-electron chi connectivity index (χ1n) is 5.63. The number of halogens is 2. The van der Waals surface area contributed by atoms with Crippen molar-refractivity contribution in [1.82, 2.24) is 5.32 Å². The van der Waals surface area contributed by atoms with E-state index in [1.54, 1.807) is 24.3 Å². The fraction of sp³-hybridized carbons (Fsp3) is 0.0714. The predicted molar refractivity (Wildman–Crippen MR) is 81.2 cm³/mol. The molecule has 0 saturated heterocycles. The van der Waals surface area contributed by atoms with Gasteiger partial charge in [0, 0.05) is 27.3 Å². The minimum atomic E-state index is -0.173. The molecule has 2 aromatic rings. The monoisotopic (exact) mass is 338 g/mol. The Hall–Kier alpha value is -1.52. The minimum absolute atomic E-state index is 0.173. The van der Waals surface area contributed by atoms with E-state index in [0.717, 1.165) is 10.0 Å². The molecule has 0 aliphatic heterocycles. The molecule has 0 bridgehead atoms. The number of carbonyl (C=O) groups is 1. The lowest BCUT2D eigenvalue weighted by molar-refractivity contribution is 0.0951. The van der Waals surface area contributed by atoms with Crippen molar-refractivity contribution in [3.63, 3.8) is 0 Å². The summed E-state index contributed by atoms with van der Waals surface area (Å²) in [5, 5.41) is 3.47. The fourth-order valence-corrected chi connectivity index (χ4v) is 2.40. The Balaban J connectivity index is 2.05. The summed E-state index contributed by atoms with van der Waals surface area (Å²) in [5.41, 5.74) is 7.71. The molecule has 0 fully saturated rings. The van der Waals surface area contributed by atoms with Crippen molar-refractivity contribution < 1.29 is 4.79 Å². The van der Waals surface area contributed by atoms with E-state index >= 15 is 0 Å². The van der Waals surface area contributed by atoms with Crippen LogP contribution in [0.25, 0.3) is 0 Å². The molecule has 3 N–H and O–H groups in total. The quantitative estimate of drug-likeness (QED) is 0.839. The summed E-state index contributed by atoms with van der Waals surface area (Å²) in [4.78, 5) is 12.0. The van der Waals surface area contributed by atoms with Gasteiger partial charge in [-0.2, -0.15) is 0 Å². The molecular formula is C14H12BrClN2O. The fourth-order valence-electron chi connectivity index (χ4n) is 1.67. The standard InChI is InChI=1S/C14H12BrClN2O/c15-11-5-10(6-13(17)7-11)14(19)18-8-9-2-1-3-12(16)4-9/h1-7H,8,17H2,(H,18,19). The van der Waals surface area contributed by atoms with E-state index in [0.29, 0.717) is 22.8 Å². The third-order valence-corrected chi connectivity index (χ3v) is 3.22. The van der Waals surface area contributed by atoms with Crippen LogP contribution in [-0.4, -0.2) is 5.91 Å². The maximum Gasteiger partial charge on any atom is 0.251 e. The molecule has 3 nitrogen and oxygen atoms in total. The number of hydrogen-bond acceptors (Lipinski definition) is 2. The molecule has 0 unspecified atom stereocenters. The predicted octanol–water partition coefficient (Wildman–Crippen LogP) is 3.61. The topological polar surface area (TPSA) is 55.1 Å². The van der Waals surface area contributed by atoms with Gasteiger partial charge in [0.15, 0.2) is 0 Å². The molecule has 19 heavy (non-hydrogen) atoms. The smallest absolute Gasteiger partial charge is 0.251 e. The Bertz CT molecular complexity index is 596. The Labute approximate surface area is 124 Å². The van der Waals surface area contributed by atoms with E-state index in [1.807, 2.05) is 18.2 Å². The molecular weight excluding hydrogens is 328 g/mol. The lowest BCUT2D eigenvalue weighted by atomic mass is 10.1. The van der Waals surface area contributed by atoms with Gasteiger partial charge in [-0.1, -0.05) is 39.7 Å². The average molecular weight is 340 g/mol. The van der Waals surface area contributed by atoms with Crippen LogP contribution >= 0.6 is 27.5 Å². The molecule has 0 heterocycles. The minimum Gasteiger partial charge on any atom is -0.399 e. The summed E-state index contributed by atoms with van der Waals surface area (Å²) in [5.74, 6) is -0.173. The number of nitrogen functional groups attached to an aromatic ring is 1. The maximum absolute atomic E-state index is 12.0. The zero-order valence-corrected chi connectivity index (χ0v) is 12.3. The lowest BCUT2D eigenvalue weighted by Crippen LogP contribution is -2.22. The van der Waals surface area contributed by atoms with Crippen LogP contribution in [0, 0.1) is 0 Å². The Morgan fingerprint density at radius 3 is 2.74 bits per heavy atom. The summed E-state index contributed by atoms with van der Waals surface area (Å²) in [6, 6.07) is 12.5. The van der Waals surface area contributed by atoms with Crippen LogP contribution in [0.4, 0.5) is 5.69 Å². The van der Waals surface area contributed by atoms with Gasteiger partial charge in [0.1, 0.15) is 0 Å². The van der Waals surface area contributed by atoms with Crippen LogP contribution in [-0.2, 0) is 6.54 Å². The SMILES string of the molecule is Nc1cc(Br)cc(C(=O)NCc2cccc(Cl)c2)c1. The first kappa shape index (κ1) is 13.9. The van der Waals surface area contributed by atoms with Crippen LogP contribution in [0.2, 0.25) is 5.02 Å². The van der Waals surface area contributed by atoms with Gasteiger partial charge in [-0.15, -0.1) is 0 Å². The Kier molecular flexibility index (Phi) is 4.45. The number of benzene rings is 2. The molecule has 0 aliphatic rings. The summed E-state index contributed by atoms with van der Waals surface area (Å²) < 4.78 is 0.778. The normalized spacial score (nSPS) is 10.2. The number of rotatable bonds is 3. The van der Waals surface area contributed by atoms with Crippen molar-refractivity contribution in [3.8, 4) is 0 Å². The number of anilines is 1. The van der Waals surface area contributed by atoms with Crippen molar-refractivity contribution >= 4 is 39.1 Å². The van der Waals surface area contributed by atoms with Crippen LogP contribution in [0.1, 0.15) is 15.9 Å². The highest BCUT2D eigenvalue weighted by atomic mass is 79.9. The summed E-state index contributed by atoms with van der Waals surface area (Å²) >= 11 is 9.19. The molecule has 0 atom stereocenters. The largest absolute Gasteiger partial charge is 0.399 e. The molecule has 2 rings (SSSR count). The van der Waals surface area contributed by atoms with Gasteiger partial charge in [-0.25, -0.2) is 0 Å². The second kappa shape index (κ2) is 6.08. The molecule has 0 aliphatic carbocycles. The van der Waals surface area contributed by atoms with Gasteiger partial charge in [0.25, 0.3) is 5.91 Å². The number of amides is 1. The third kappa shape index (κ3) is 3.98. The van der Waals surface area contributed by atoms with Crippen LogP contribution in [0.5, 0.6) is 0 Å². The molecule has 0 saturated carbocycles. The molecule has 0 spiro atoms.